The number of allylic oxidation sites excluding steroid dienone is 1. The molecule has 1 aromatic heterocycles. The van der Waals surface area contributed by atoms with Gasteiger partial charge in [-0.3, -0.25) is 10.00 Å². The molecule has 1 aromatic carbocycles. The van der Waals surface area contributed by atoms with Gasteiger partial charge in [-0.2, -0.15) is 5.10 Å². The third-order valence-corrected chi connectivity index (χ3v) is 4.80. The zero-order chi connectivity index (χ0) is 18.9. The Morgan fingerprint density at radius 3 is 2.88 bits per heavy atom. The van der Waals surface area contributed by atoms with E-state index in [9.17, 15) is 4.79 Å². The summed E-state index contributed by atoms with van der Waals surface area (Å²) in [4.78, 5) is 12.7. The molecule has 0 bridgehead atoms. The van der Waals surface area contributed by atoms with Crippen LogP contribution in [0.5, 0.6) is 0 Å². The van der Waals surface area contributed by atoms with E-state index >= 15 is 0 Å². The molecule has 0 fully saturated rings. The number of carbonyl (C=O) groups excluding carboxylic acids is 1. The topological polar surface area (TPSA) is 71.0 Å². The van der Waals surface area contributed by atoms with Gasteiger partial charge < -0.3 is 10.6 Å². The molecule has 3 N–H and O–H groups in total. The van der Waals surface area contributed by atoms with Crippen molar-refractivity contribution in [3.63, 3.8) is 0 Å². The molecule has 6 nitrogen and oxygen atoms in total. The minimum absolute atomic E-state index is 0.243. The van der Waals surface area contributed by atoms with Gasteiger partial charge >= 0.3 is 6.03 Å². The van der Waals surface area contributed by atoms with Crippen LogP contribution in [0.15, 0.2) is 30.8 Å². The fraction of sp³-hybridized carbons (Fsp3) is 0.400. The predicted octanol–water partition coefficient (Wildman–Crippen LogP) is 3.16. The lowest BCUT2D eigenvalue weighted by Gasteiger charge is -2.28. The van der Waals surface area contributed by atoms with Crippen molar-refractivity contribution in [1.82, 2.24) is 20.4 Å². The number of nitrogens with zero attached hydrogens (tertiary/aromatic N) is 2. The number of urea groups is 1. The Morgan fingerprint density at radius 1 is 1.38 bits per heavy atom. The molecule has 0 atom stereocenters. The van der Waals surface area contributed by atoms with Gasteiger partial charge in [0.05, 0.1) is 11.2 Å². The highest BCUT2D eigenvalue weighted by Gasteiger charge is 2.25. The number of hydrogen-bond acceptors (Lipinski definition) is 3. The van der Waals surface area contributed by atoms with Crippen LogP contribution in [0.25, 0.3) is 5.57 Å². The van der Waals surface area contributed by atoms with Crippen LogP contribution in [0.4, 0.5) is 10.6 Å². The quantitative estimate of drug-likeness (QED) is 0.791. The molecule has 0 radical (unpaired) electrons. The van der Waals surface area contributed by atoms with Gasteiger partial charge in [-0.25, -0.2) is 4.79 Å². The normalized spacial score (nSPS) is 13.8. The first-order valence-corrected chi connectivity index (χ1v) is 8.89. The standard InChI is InChI=1S/C20H27N5O/c1-13(2)14-7-6-8-15(11-14)20(3,4)23-19(26)22-18-16-12-21-10-9-17(16)24-25(18)5/h6-8,11,21H,1,9-10,12H2,2-5H3,(H2,22,23,26). The zero-order valence-electron chi connectivity index (χ0n) is 15.9. The van der Waals surface area contributed by atoms with Gasteiger partial charge in [-0.05, 0) is 38.0 Å². The number of rotatable bonds is 4. The molecule has 1 aliphatic rings. The minimum Gasteiger partial charge on any atom is -0.329 e. The summed E-state index contributed by atoms with van der Waals surface area (Å²) in [7, 11) is 1.86. The number of carbonyl (C=O) groups is 1. The zero-order valence-corrected chi connectivity index (χ0v) is 15.9. The Kier molecular flexibility index (Phi) is 4.87. The van der Waals surface area contributed by atoms with Crippen molar-refractivity contribution in [3.8, 4) is 0 Å². The number of nitrogens with one attached hydrogen (secondary N) is 3. The number of fused-ring (bicyclic) bond motifs is 1. The van der Waals surface area contributed by atoms with Crippen LogP contribution in [0.3, 0.4) is 0 Å². The van der Waals surface area contributed by atoms with Gasteiger partial charge in [0.15, 0.2) is 0 Å². The summed E-state index contributed by atoms with van der Waals surface area (Å²) < 4.78 is 1.74. The van der Waals surface area contributed by atoms with Crippen LogP contribution in [0, 0.1) is 0 Å². The molecule has 2 aromatic rings. The molecule has 0 spiro atoms. The fourth-order valence-electron chi connectivity index (χ4n) is 3.25. The average Bonchev–Trinajstić information content (AvgIpc) is 2.90. The molecule has 26 heavy (non-hydrogen) atoms. The predicted molar refractivity (Wildman–Crippen MR) is 105 cm³/mol. The molecule has 138 valence electrons. The van der Waals surface area contributed by atoms with E-state index < -0.39 is 5.54 Å². The van der Waals surface area contributed by atoms with Crippen molar-refractivity contribution in [2.75, 3.05) is 11.9 Å². The average molecular weight is 353 g/mol. The third kappa shape index (κ3) is 3.65. The summed E-state index contributed by atoms with van der Waals surface area (Å²) in [5.41, 5.74) is 4.70. The van der Waals surface area contributed by atoms with Crippen molar-refractivity contribution in [2.24, 2.45) is 7.05 Å². The molecule has 0 saturated carbocycles. The van der Waals surface area contributed by atoms with Crippen molar-refractivity contribution in [3.05, 3.63) is 53.2 Å². The second-order valence-electron chi connectivity index (χ2n) is 7.39. The molecular formula is C20H27N5O. The first-order chi connectivity index (χ1) is 12.3. The Morgan fingerprint density at radius 2 is 2.15 bits per heavy atom. The Balaban J connectivity index is 1.76. The molecular weight excluding hydrogens is 326 g/mol. The van der Waals surface area contributed by atoms with Crippen molar-refractivity contribution in [2.45, 2.75) is 39.3 Å². The minimum atomic E-state index is -0.521. The molecule has 0 aliphatic carbocycles. The van der Waals surface area contributed by atoms with Gasteiger partial charge in [0.25, 0.3) is 0 Å². The lowest BCUT2D eigenvalue weighted by molar-refractivity contribution is 0.241. The monoisotopic (exact) mass is 353 g/mol. The lowest BCUT2D eigenvalue weighted by atomic mass is 9.92. The van der Waals surface area contributed by atoms with Crippen LogP contribution in [0.2, 0.25) is 0 Å². The Labute approximate surface area is 154 Å². The number of aryl methyl sites for hydroxylation is 1. The van der Waals surface area contributed by atoms with E-state index in [0.29, 0.717) is 0 Å². The molecule has 6 heteroatoms. The maximum atomic E-state index is 12.7. The fourth-order valence-corrected chi connectivity index (χ4v) is 3.25. The molecule has 0 saturated heterocycles. The highest BCUT2D eigenvalue weighted by molar-refractivity contribution is 5.90. The van der Waals surface area contributed by atoms with Crippen LogP contribution < -0.4 is 16.0 Å². The van der Waals surface area contributed by atoms with Crippen LogP contribution in [-0.2, 0) is 25.6 Å². The maximum absolute atomic E-state index is 12.7. The summed E-state index contributed by atoms with van der Waals surface area (Å²) in [6.07, 6.45) is 0.881. The van der Waals surface area contributed by atoms with Gasteiger partial charge in [-0.1, -0.05) is 30.4 Å². The van der Waals surface area contributed by atoms with E-state index in [2.05, 4.69) is 33.7 Å². The first kappa shape index (κ1) is 18.2. The molecule has 0 unspecified atom stereocenters. The second-order valence-corrected chi connectivity index (χ2v) is 7.39. The smallest absolute Gasteiger partial charge is 0.321 e. The van der Waals surface area contributed by atoms with Gasteiger partial charge in [0.1, 0.15) is 5.82 Å². The van der Waals surface area contributed by atoms with E-state index in [1.807, 2.05) is 46.0 Å². The van der Waals surface area contributed by atoms with E-state index in [-0.39, 0.29) is 6.03 Å². The number of anilines is 1. The third-order valence-electron chi connectivity index (χ3n) is 4.80. The molecule has 2 amide bonds. The van der Waals surface area contributed by atoms with E-state index in [0.717, 1.165) is 53.3 Å². The SMILES string of the molecule is C=C(C)c1cccc(C(C)(C)NC(=O)Nc2c3c(nn2C)CCNC3)c1. The van der Waals surface area contributed by atoms with E-state index in [1.165, 1.54) is 0 Å². The molecule has 3 rings (SSSR count). The van der Waals surface area contributed by atoms with Crippen molar-refractivity contribution in [1.29, 1.82) is 0 Å². The summed E-state index contributed by atoms with van der Waals surface area (Å²) >= 11 is 0. The lowest BCUT2D eigenvalue weighted by Crippen LogP contribution is -2.43. The van der Waals surface area contributed by atoms with Gasteiger partial charge in [-0.15, -0.1) is 0 Å². The largest absolute Gasteiger partial charge is 0.329 e. The second kappa shape index (κ2) is 6.96. The first-order valence-electron chi connectivity index (χ1n) is 8.89. The number of amides is 2. The highest BCUT2D eigenvalue weighted by atomic mass is 16.2. The van der Waals surface area contributed by atoms with E-state index in [1.54, 1.807) is 4.68 Å². The summed E-state index contributed by atoms with van der Waals surface area (Å²) in [5, 5.41) is 13.9. The van der Waals surface area contributed by atoms with Crippen molar-refractivity contribution < 1.29 is 4.79 Å². The summed E-state index contributed by atoms with van der Waals surface area (Å²) in [6, 6.07) is 7.86. The maximum Gasteiger partial charge on any atom is 0.321 e. The highest BCUT2D eigenvalue weighted by Crippen LogP contribution is 2.25. The Bertz CT molecular complexity index is 850. The van der Waals surface area contributed by atoms with E-state index in [4.69, 9.17) is 0 Å². The van der Waals surface area contributed by atoms with Crippen LogP contribution in [0.1, 0.15) is 43.2 Å². The van der Waals surface area contributed by atoms with Gasteiger partial charge in [0, 0.05) is 32.1 Å². The van der Waals surface area contributed by atoms with Gasteiger partial charge in [0.2, 0.25) is 0 Å². The molecule has 1 aliphatic heterocycles. The number of aromatic nitrogens is 2. The number of benzene rings is 1. The summed E-state index contributed by atoms with van der Waals surface area (Å²) in [5.74, 6) is 0.746. The number of hydrogen-bond donors (Lipinski definition) is 3. The Hall–Kier alpha value is -2.60. The van der Waals surface area contributed by atoms with Crippen molar-refractivity contribution >= 4 is 17.4 Å². The molecule has 2 heterocycles. The summed E-state index contributed by atoms with van der Waals surface area (Å²) in [6.45, 7) is 11.6. The van der Waals surface area contributed by atoms with Crippen LogP contribution in [-0.4, -0.2) is 22.4 Å². The van der Waals surface area contributed by atoms with Crippen LogP contribution >= 0.6 is 0 Å².